The summed E-state index contributed by atoms with van der Waals surface area (Å²) >= 11 is 6.58. The van der Waals surface area contributed by atoms with Crippen molar-refractivity contribution in [2.75, 3.05) is 12.3 Å². The molecule has 0 rings (SSSR count). The maximum atomic E-state index is 4.90. The van der Waals surface area contributed by atoms with Gasteiger partial charge in [0.25, 0.3) is 0 Å². The third-order valence-electron chi connectivity index (χ3n) is 0.597. The Labute approximate surface area is 90.1 Å². The average molecular weight is 174 g/mol. The minimum Gasteiger partial charge on any atom is -0.371 e. The molecule has 9 heavy (non-hydrogen) atoms. The SMILES string of the molecule is CCNC(=S)SCC.[HH].[Na]. The van der Waals surface area contributed by atoms with E-state index in [1.807, 2.05) is 6.92 Å². The molecule has 0 aromatic rings. The fourth-order valence-electron chi connectivity index (χ4n) is 0.326. The predicted molar refractivity (Wildman–Crippen MR) is 52.3 cm³/mol. The maximum absolute atomic E-state index is 4.90. The van der Waals surface area contributed by atoms with Crippen LogP contribution in [0.2, 0.25) is 0 Å². The van der Waals surface area contributed by atoms with E-state index in [1.54, 1.807) is 11.8 Å². The molecule has 0 bridgehead atoms. The van der Waals surface area contributed by atoms with Gasteiger partial charge in [0.2, 0.25) is 0 Å². The molecule has 0 unspecified atom stereocenters. The first kappa shape index (κ1) is 12.9. The summed E-state index contributed by atoms with van der Waals surface area (Å²) < 4.78 is 0.912. The molecule has 0 spiro atoms. The number of hydrogen-bond acceptors (Lipinski definition) is 2. The second-order valence-corrected chi connectivity index (χ2v) is 3.19. The number of hydrogen-bond donors (Lipinski definition) is 1. The Morgan fingerprint density at radius 3 is 2.56 bits per heavy atom. The second kappa shape index (κ2) is 9.24. The summed E-state index contributed by atoms with van der Waals surface area (Å²) in [6.07, 6.45) is 0. The Morgan fingerprint density at radius 1 is 1.67 bits per heavy atom. The van der Waals surface area contributed by atoms with Crippen LogP contribution in [-0.2, 0) is 0 Å². The van der Waals surface area contributed by atoms with E-state index in [1.165, 1.54) is 0 Å². The van der Waals surface area contributed by atoms with Crippen molar-refractivity contribution in [1.82, 2.24) is 5.32 Å². The van der Waals surface area contributed by atoms with E-state index in [2.05, 4.69) is 12.2 Å². The van der Waals surface area contributed by atoms with Gasteiger partial charge in [-0.1, -0.05) is 30.9 Å². The van der Waals surface area contributed by atoms with Gasteiger partial charge in [-0.15, -0.1) is 0 Å². The van der Waals surface area contributed by atoms with Crippen LogP contribution in [0.3, 0.4) is 0 Å². The summed E-state index contributed by atoms with van der Waals surface area (Å²) in [5, 5.41) is 3.04. The monoisotopic (exact) mass is 174 g/mol. The van der Waals surface area contributed by atoms with Crippen LogP contribution in [0, 0.1) is 0 Å². The van der Waals surface area contributed by atoms with Gasteiger partial charge < -0.3 is 5.32 Å². The topological polar surface area (TPSA) is 12.0 Å². The summed E-state index contributed by atoms with van der Waals surface area (Å²) in [6, 6.07) is 0. The molecule has 51 valence electrons. The summed E-state index contributed by atoms with van der Waals surface area (Å²) in [5.41, 5.74) is 0. The Bertz CT molecular complexity index is 74.0. The number of thiocarbonyl (C=S) groups is 1. The molecule has 0 atom stereocenters. The van der Waals surface area contributed by atoms with E-state index in [4.69, 9.17) is 12.2 Å². The van der Waals surface area contributed by atoms with Gasteiger partial charge >= 0.3 is 0 Å². The van der Waals surface area contributed by atoms with Gasteiger partial charge in [-0.2, -0.15) is 0 Å². The van der Waals surface area contributed by atoms with Crippen molar-refractivity contribution in [3.05, 3.63) is 0 Å². The van der Waals surface area contributed by atoms with Crippen molar-refractivity contribution in [3.8, 4) is 0 Å². The van der Waals surface area contributed by atoms with Crippen LogP contribution in [0.4, 0.5) is 0 Å². The number of rotatable bonds is 2. The zero-order chi connectivity index (χ0) is 6.41. The Morgan fingerprint density at radius 2 is 2.22 bits per heavy atom. The van der Waals surface area contributed by atoms with E-state index >= 15 is 0 Å². The van der Waals surface area contributed by atoms with Crippen molar-refractivity contribution in [2.45, 2.75) is 13.8 Å². The quantitative estimate of drug-likeness (QED) is 0.503. The Balaban J connectivity index is -0.000000245. The Hall–Kier alpha value is 1.24. The first-order valence-electron chi connectivity index (χ1n) is 2.71. The van der Waals surface area contributed by atoms with E-state index < -0.39 is 0 Å². The fraction of sp³-hybridized carbons (Fsp3) is 0.800. The molecule has 0 aromatic carbocycles. The molecule has 0 aliphatic carbocycles. The van der Waals surface area contributed by atoms with Crippen LogP contribution in [-0.4, -0.2) is 46.2 Å². The van der Waals surface area contributed by atoms with Crippen molar-refractivity contribution in [2.24, 2.45) is 0 Å². The Kier molecular flexibility index (Phi) is 13.2. The number of nitrogens with one attached hydrogen (secondary N) is 1. The third kappa shape index (κ3) is 9.24. The van der Waals surface area contributed by atoms with Crippen molar-refractivity contribution in [1.29, 1.82) is 0 Å². The molecule has 1 nitrogen and oxygen atoms in total. The van der Waals surface area contributed by atoms with Gasteiger partial charge in [-0.25, -0.2) is 0 Å². The van der Waals surface area contributed by atoms with Crippen molar-refractivity contribution < 1.29 is 1.43 Å². The summed E-state index contributed by atoms with van der Waals surface area (Å²) in [4.78, 5) is 0. The molecule has 0 saturated heterocycles. The first-order chi connectivity index (χ1) is 3.81. The van der Waals surface area contributed by atoms with Gasteiger partial charge in [-0.3, -0.25) is 0 Å². The zero-order valence-corrected chi connectivity index (χ0v) is 9.86. The first-order valence-corrected chi connectivity index (χ1v) is 4.11. The molecule has 4 heteroatoms. The van der Waals surface area contributed by atoms with Crippen molar-refractivity contribution in [3.63, 3.8) is 0 Å². The second-order valence-electron chi connectivity index (χ2n) is 1.25. The normalized spacial score (nSPS) is 7.78. The number of thioether (sulfide) groups is 1. The van der Waals surface area contributed by atoms with Crippen molar-refractivity contribution >= 4 is 57.9 Å². The van der Waals surface area contributed by atoms with Crippen LogP contribution in [0.5, 0.6) is 0 Å². The van der Waals surface area contributed by atoms with E-state index in [0.29, 0.717) is 0 Å². The molecule has 1 N–H and O–H groups in total. The molecule has 0 fully saturated rings. The molecule has 0 amide bonds. The molecule has 0 saturated carbocycles. The smallest absolute Gasteiger partial charge is 0.133 e. The molecular formula is C5H13NNaS2. The van der Waals surface area contributed by atoms with Gasteiger partial charge in [0.15, 0.2) is 0 Å². The van der Waals surface area contributed by atoms with Gasteiger partial charge in [0.05, 0.1) is 0 Å². The molecule has 0 aliphatic rings. The minimum absolute atomic E-state index is 0. The maximum Gasteiger partial charge on any atom is 0.133 e. The third-order valence-corrected chi connectivity index (χ3v) is 1.79. The van der Waals surface area contributed by atoms with E-state index in [9.17, 15) is 0 Å². The van der Waals surface area contributed by atoms with Crippen LogP contribution in [0.1, 0.15) is 15.3 Å². The molecular weight excluding hydrogens is 161 g/mol. The molecule has 0 heterocycles. The fourth-order valence-corrected chi connectivity index (χ4v) is 1.33. The zero-order valence-electron chi connectivity index (χ0n) is 6.23. The van der Waals surface area contributed by atoms with Gasteiger partial charge in [0.1, 0.15) is 4.32 Å². The van der Waals surface area contributed by atoms with Gasteiger partial charge in [0, 0.05) is 37.5 Å². The van der Waals surface area contributed by atoms with E-state index in [-0.39, 0.29) is 31.0 Å². The van der Waals surface area contributed by atoms with Crippen LogP contribution >= 0.6 is 24.0 Å². The minimum atomic E-state index is 0. The predicted octanol–water partition coefficient (Wildman–Crippen LogP) is 1.50. The molecule has 0 aliphatic heterocycles. The summed E-state index contributed by atoms with van der Waals surface area (Å²) in [6.45, 7) is 5.07. The molecule has 1 radical (unpaired) electrons. The largest absolute Gasteiger partial charge is 0.371 e. The van der Waals surface area contributed by atoms with E-state index in [0.717, 1.165) is 16.6 Å². The van der Waals surface area contributed by atoms with Crippen LogP contribution < -0.4 is 5.32 Å². The van der Waals surface area contributed by atoms with Gasteiger partial charge in [-0.05, 0) is 12.7 Å². The standard InChI is InChI=1S/C5H11NS2.Na.H2/c1-3-6-5(7)8-4-2;;/h3-4H2,1-2H3,(H,6,7);;1H. The van der Waals surface area contributed by atoms with Crippen LogP contribution in [0.25, 0.3) is 0 Å². The summed E-state index contributed by atoms with van der Waals surface area (Å²) in [7, 11) is 0. The van der Waals surface area contributed by atoms with Crippen LogP contribution in [0.15, 0.2) is 0 Å². The summed E-state index contributed by atoms with van der Waals surface area (Å²) in [5.74, 6) is 1.06. The molecule has 0 aromatic heterocycles. The average Bonchev–Trinajstić information content (AvgIpc) is 1.68.